The number of nitrogens with one attached hydrogen (secondary N) is 1. The van der Waals surface area contributed by atoms with E-state index < -0.39 is 0 Å². The molecule has 6 nitrogen and oxygen atoms in total. The SMILES string of the molecule is COc1cccc(CNC(c2cc(OC)cc(OC)c2)c2nccn2C)c1. The van der Waals surface area contributed by atoms with Gasteiger partial charge in [-0.05, 0) is 35.4 Å². The molecule has 0 spiro atoms. The fourth-order valence-corrected chi connectivity index (χ4v) is 3.01. The van der Waals surface area contributed by atoms with Gasteiger partial charge in [-0.25, -0.2) is 4.98 Å². The van der Waals surface area contributed by atoms with Crippen LogP contribution in [-0.4, -0.2) is 30.9 Å². The summed E-state index contributed by atoms with van der Waals surface area (Å²) in [5.74, 6) is 3.23. The zero-order valence-electron chi connectivity index (χ0n) is 16.1. The molecule has 27 heavy (non-hydrogen) atoms. The van der Waals surface area contributed by atoms with Crippen LogP contribution in [0.25, 0.3) is 0 Å². The van der Waals surface area contributed by atoms with E-state index in [-0.39, 0.29) is 6.04 Å². The number of methoxy groups -OCH3 is 3. The van der Waals surface area contributed by atoms with Crippen molar-refractivity contribution in [2.45, 2.75) is 12.6 Å². The first kappa shape index (κ1) is 18.8. The molecular weight excluding hydrogens is 342 g/mol. The summed E-state index contributed by atoms with van der Waals surface area (Å²) in [6.45, 7) is 0.661. The fraction of sp³-hybridized carbons (Fsp3) is 0.286. The molecule has 1 N–H and O–H groups in total. The third kappa shape index (κ3) is 4.41. The Labute approximate surface area is 159 Å². The third-order valence-corrected chi connectivity index (χ3v) is 4.47. The quantitative estimate of drug-likeness (QED) is 0.662. The highest BCUT2D eigenvalue weighted by molar-refractivity contribution is 5.41. The molecular formula is C21H25N3O3. The number of aryl methyl sites for hydroxylation is 1. The molecule has 0 radical (unpaired) electrons. The van der Waals surface area contributed by atoms with E-state index in [2.05, 4.69) is 16.4 Å². The van der Waals surface area contributed by atoms with Crippen LogP contribution in [0.5, 0.6) is 17.2 Å². The first-order chi connectivity index (χ1) is 13.1. The van der Waals surface area contributed by atoms with Crippen molar-refractivity contribution in [3.63, 3.8) is 0 Å². The monoisotopic (exact) mass is 367 g/mol. The van der Waals surface area contributed by atoms with E-state index in [0.717, 1.165) is 34.2 Å². The maximum absolute atomic E-state index is 5.44. The molecule has 1 aromatic heterocycles. The average molecular weight is 367 g/mol. The molecule has 0 saturated carbocycles. The van der Waals surface area contributed by atoms with Gasteiger partial charge in [-0.15, -0.1) is 0 Å². The van der Waals surface area contributed by atoms with E-state index in [1.54, 1.807) is 27.5 Å². The summed E-state index contributed by atoms with van der Waals surface area (Å²) in [4.78, 5) is 4.54. The lowest BCUT2D eigenvalue weighted by molar-refractivity contribution is 0.392. The summed E-state index contributed by atoms with van der Waals surface area (Å²) in [5, 5.41) is 3.60. The molecule has 3 aromatic rings. The molecule has 0 fully saturated rings. The second-order valence-electron chi connectivity index (χ2n) is 6.21. The van der Waals surface area contributed by atoms with Crippen molar-refractivity contribution >= 4 is 0 Å². The molecule has 1 atom stereocenters. The Bertz CT molecular complexity index is 870. The van der Waals surface area contributed by atoms with Gasteiger partial charge in [0.25, 0.3) is 0 Å². The molecule has 3 rings (SSSR count). The first-order valence-corrected chi connectivity index (χ1v) is 8.71. The Morgan fingerprint density at radius 2 is 1.67 bits per heavy atom. The molecule has 6 heteroatoms. The van der Waals surface area contributed by atoms with Crippen molar-refractivity contribution in [3.8, 4) is 17.2 Å². The minimum atomic E-state index is -0.125. The molecule has 0 amide bonds. The lowest BCUT2D eigenvalue weighted by Crippen LogP contribution is -2.25. The molecule has 0 bridgehead atoms. The second-order valence-corrected chi connectivity index (χ2v) is 6.21. The van der Waals surface area contributed by atoms with Crippen LogP contribution < -0.4 is 19.5 Å². The lowest BCUT2D eigenvalue weighted by Gasteiger charge is -2.21. The number of imidazole rings is 1. The maximum atomic E-state index is 5.44. The van der Waals surface area contributed by atoms with Gasteiger partial charge in [0.15, 0.2) is 0 Å². The van der Waals surface area contributed by atoms with Crippen molar-refractivity contribution in [3.05, 3.63) is 71.8 Å². The van der Waals surface area contributed by atoms with Gasteiger partial charge in [-0.2, -0.15) is 0 Å². The highest BCUT2D eigenvalue weighted by atomic mass is 16.5. The Kier molecular flexibility index (Phi) is 5.98. The Balaban J connectivity index is 1.93. The summed E-state index contributed by atoms with van der Waals surface area (Å²) in [7, 11) is 6.96. The van der Waals surface area contributed by atoms with Crippen molar-refractivity contribution in [2.75, 3.05) is 21.3 Å². The normalized spacial score (nSPS) is 11.9. The minimum Gasteiger partial charge on any atom is -0.497 e. The third-order valence-electron chi connectivity index (χ3n) is 4.47. The molecule has 142 valence electrons. The number of ether oxygens (including phenoxy) is 3. The van der Waals surface area contributed by atoms with Crippen LogP contribution in [-0.2, 0) is 13.6 Å². The molecule has 2 aromatic carbocycles. The van der Waals surface area contributed by atoms with E-state index in [1.165, 1.54) is 0 Å². The first-order valence-electron chi connectivity index (χ1n) is 8.71. The van der Waals surface area contributed by atoms with Gasteiger partial charge in [0.1, 0.15) is 23.1 Å². The Hall–Kier alpha value is -2.99. The molecule has 1 heterocycles. The molecule has 1 unspecified atom stereocenters. The Morgan fingerprint density at radius 3 is 2.26 bits per heavy atom. The number of benzene rings is 2. The van der Waals surface area contributed by atoms with Crippen LogP contribution in [0.2, 0.25) is 0 Å². The van der Waals surface area contributed by atoms with Crippen molar-refractivity contribution in [2.24, 2.45) is 7.05 Å². The predicted molar refractivity (Wildman–Crippen MR) is 104 cm³/mol. The van der Waals surface area contributed by atoms with Crippen LogP contribution in [0, 0.1) is 0 Å². The van der Waals surface area contributed by atoms with Crippen molar-refractivity contribution in [1.29, 1.82) is 0 Å². The van der Waals surface area contributed by atoms with Crippen molar-refractivity contribution in [1.82, 2.24) is 14.9 Å². The van der Waals surface area contributed by atoms with E-state index in [9.17, 15) is 0 Å². The maximum Gasteiger partial charge on any atom is 0.130 e. The summed E-state index contributed by atoms with van der Waals surface area (Å²) < 4.78 is 18.2. The van der Waals surface area contributed by atoms with Gasteiger partial charge >= 0.3 is 0 Å². The number of hydrogen-bond donors (Lipinski definition) is 1. The molecule has 0 aliphatic heterocycles. The van der Waals surface area contributed by atoms with Crippen LogP contribution in [0.3, 0.4) is 0 Å². The number of aromatic nitrogens is 2. The topological polar surface area (TPSA) is 57.5 Å². The van der Waals surface area contributed by atoms with Gasteiger partial charge in [0.2, 0.25) is 0 Å². The summed E-state index contributed by atoms with van der Waals surface area (Å²) in [6, 6.07) is 13.8. The number of hydrogen-bond acceptors (Lipinski definition) is 5. The highest BCUT2D eigenvalue weighted by Crippen LogP contribution is 2.29. The summed E-state index contributed by atoms with van der Waals surface area (Å²) in [5.41, 5.74) is 2.15. The van der Waals surface area contributed by atoms with E-state index in [4.69, 9.17) is 14.2 Å². The molecule has 0 aliphatic rings. The highest BCUT2D eigenvalue weighted by Gasteiger charge is 2.20. The van der Waals surface area contributed by atoms with Gasteiger partial charge in [-0.1, -0.05) is 12.1 Å². The largest absolute Gasteiger partial charge is 0.497 e. The van der Waals surface area contributed by atoms with Crippen LogP contribution in [0.15, 0.2) is 54.9 Å². The average Bonchev–Trinajstić information content (AvgIpc) is 3.13. The van der Waals surface area contributed by atoms with E-state index in [1.807, 2.05) is 54.2 Å². The second kappa shape index (κ2) is 8.60. The molecule has 0 saturated heterocycles. The number of nitrogens with zero attached hydrogens (tertiary/aromatic N) is 2. The lowest BCUT2D eigenvalue weighted by atomic mass is 10.0. The van der Waals surface area contributed by atoms with Crippen LogP contribution in [0.1, 0.15) is 23.0 Å². The zero-order chi connectivity index (χ0) is 19.2. The van der Waals surface area contributed by atoms with E-state index >= 15 is 0 Å². The molecule has 0 aliphatic carbocycles. The smallest absolute Gasteiger partial charge is 0.130 e. The minimum absolute atomic E-state index is 0.125. The van der Waals surface area contributed by atoms with Crippen LogP contribution >= 0.6 is 0 Å². The summed E-state index contributed by atoms with van der Waals surface area (Å²) >= 11 is 0. The van der Waals surface area contributed by atoms with Gasteiger partial charge in [0.05, 0.1) is 27.4 Å². The van der Waals surface area contributed by atoms with Gasteiger partial charge in [0, 0.05) is 32.1 Å². The fourth-order valence-electron chi connectivity index (χ4n) is 3.01. The number of rotatable bonds is 8. The summed E-state index contributed by atoms with van der Waals surface area (Å²) in [6.07, 6.45) is 3.74. The Morgan fingerprint density at radius 1 is 0.963 bits per heavy atom. The van der Waals surface area contributed by atoms with E-state index in [0.29, 0.717) is 6.54 Å². The van der Waals surface area contributed by atoms with Crippen molar-refractivity contribution < 1.29 is 14.2 Å². The van der Waals surface area contributed by atoms with Gasteiger partial charge in [-0.3, -0.25) is 5.32 Å². The van der Waals surface area contributed by atoms with Gasteiger partial charge < -0.3 is 18.8 Å². The zero-order valence-corrected chi connectivity index (χ0v) is 16.1. The predicted octanol–water partition coefficient (Wildman–Crippen LogP) is 3.33. The standard InChI is InChI=1S/C21H25N3O3/c1-24-9-8-22-21(24)20(16-11-18(26-3)13-19(12-16)27-4)23-14-15-6-5-7-17(10-15)25-2/h5-13,20,23H,14H2,1-4H3. The van der Waals surface area contributed by atoms with Crippen LogP contribution in [0.4, 0.5) is 0 Å².